The van der Waals surface area contributed by atoms with Crippen LogP contribution in [0.5, 0.6) is 5.75 Å². The van der Waals surface area contributed by atoms with E-state index in [1.54, 1.807) is 24.3 Å². The third-order valence-corrected chi connectivity index (χ3v) is 3.52. The van der Waals surface area contributed by atoms with Crippen molar-refractivity contribution in [2.24, 2.45) is 0 Å². The molecule has 1 atom stereocenters. The van der Waals surface area contributed by atoms with Crippen LogP contribution in [0.3, 0.4) is 0 Å². The van der Waals surface area contributed by atoms with Gasteiger partial charge in [0.1, 0.15) is 5.75 Å². The summed E-state index contributed by atoms with van der Waals surface area (Å²) in [5, 5.41) is 20.8. The Bertz CT molecular complexity index is 709. The molecule has 0 spiro atoms. The van der Waals surface area contributed by atoms with Crippen LogP contribution in [0.15, 0.2) is 42.5 Å². The lowest BCUT2D eigenvalue weighted by atomic mass is 9.91. The minimum atomic E-state index is -0.504. The molecule has 2 aromatic carbocycles. The van der Waals surface area contributed by atoms with Gasteiger partial charge in [-0.05, 0) is 23.8 Å². The maximum atomic E-state index is 11.4. The predicted molar refractivity (Wildman–Crippen MR) is 80.1 cm³/mol. The largest absolute Gasteiger partial charge is 0.508 e. The summed E-state index contributed by atoms with van der Waals surface area (Å²) in [7, 11) is 1.31. The number of nitrogens with zero attached hydrogens (tertiary/aromatic N) is 1. The highest BCUT2D eigenvalue weighted by Crippen LogP contribution is 2.33. The van der Waals surface area contributed by atoms with Crippen LogP contribution in [0.1, 0.15) is 34.3 Å². The number of carbonyl (C=O) groups is 1. The zero-order valence-electron chi connectivity index (χ0n) is 12.1. The van der Waals surface area contributed by atoms with Crippen LogP contribution in [0, 0.1) is 10.1 Å². The van der Waals surface area contributed by atoms with E-state index in [-0.39, 0.29) is 17.4 Å². The second-order valence-corrected chi connectivity index (χ2v) is 4.84. The number of nitro benzene ring substituents is 1. The van der Waals surface area contributed by atoms with Crippen molar-refractivity contribution in [1.29, 1.82) is 0 Å². The molecule has 2 aromatic rings. The number of methoxy groups -OCH3 is 1. The highest BCUT2D eigenvalue weighted by atomic mass is 16.6. The topological polar surface area (TPSA) is 89.7 Å². The average molecular weight is 301 g/mol. The van der Waals surface area contributed by atoms with Gasteiger partial charge in [-0.1, -0.05) is 19.1 Å². The summed E-state index contributed by atoms with van der Waals surface area (Å²) in [5.41, 5.74) is 1.62. The number of non-ortho nitro benzene ring substituents is 1. The Kier molecular flexibility index (Phi) is 4.41. The molecule has 0 saturated heterocycles. The monoisotopic (exact) mass is 301 g/mol. The molecular formula is C16H15NO5. The van der Waals surface area contributed by atoms with Crippen molar-refractivity contribution in [1.82, 2.24) is 0 Å². The van der Waals surface area contributed by atoms with Crippen molar-refractivity contribution in [3.63, 3.8) is 0 Å². The fourth-order valence-corrected chi connectivity index (χ4v) is 2.21. The van der Waals surface area contributed by atoms with E-state index in [4.69, 9.17) is 0 Å². The molecule has 0 aromatic heterocycles. The molecular weight excluding hydrogens is 286 g/mol. The Morgan fingerprint density at radius 3 is 2.41 bits per heavy atom. The first kappa shape index (κ1) is 15.5. The van der Waals surface area contributed by atoms with Gasteiger partial charge in [0.15, 0.2) is 0 Å². The fourth-order valence-electron chi connectivity index (χ4n) is 2.21. The quantitative estimate of drug-likeness (QED) is 0.532. The van der Waals surface area contributed by atoms with Crippen molar-refractivity contribution in [3.8, 4) is 5.75 Å². The summed E-state index contributed by atoms with van der Waals surface area (Å²) >= 11 is 0. The number of phenolic OH excluding ortho intramolecular Hbond substituents is 1. The zero-order valence-corrected chi connectivity index (χ0v) is 12.1. The van der Waals surface area contributed by atoms with Crippen molar-refractivity contribution >= 4 is 11.7 Å². The molecule has 2 rings (SSSR count). The van der Waals surface area contributed by atoms with Crippen LogP contribution < -0.4 is 0 Å². The van der Waals surface area contributed by atoms with Gasteiger partial charge in [0.25, 0.3) is 5.69 Å². The molecule has 114 valence electrons. The van der Waals surface area contributed by atoms with Crippen molar-refractivity contribution in [2.45, 2.75) is 12.8 Å². The van der Waals surface area contributed by atoms with E-state index in [0.29, 0.717) is 11.1 Å². The summed E-state index contributed by atoms with van der Waals surface area (Å²) in [4.78, 5) is 21.7. The zero-order chi connectivity index (χ0) is 16.3. The number of esters is 1. The molecule has 0 amide bonds. The van der Waals surface area contributed by atoms with E-state index in [9.17, 15) is 20.0 Å². The smallest absolute Gasteiger partial charge is 0.337 e. The molecule has 0 aliphatic carbocycles. The maximum absolute atomic E-state index is 11.4. The Morgan fingerprint density at radius 2 is 1.86 bits per heavy atom. The maximum Gasteiger partial charge on any atom is 0.337 e. The van der Waals surface area contributed by atoms with Crippen LogP contribution in [-0.4, -0.2) is 23.1 Å². The SMILES string of the molecule is COC(=O)c1ccc(C(C)c2cc([N+](=O)[O-])ccc2O)cc1. The number of benzene rings is 2. The highest BCUT2D eigenvalue weighted by Gasteiger charge is 2.17. The van der Waals surface area contributed by atoms with Gasteiger partial charge in [-0.15, -0.1) is 0 Å². The van der Waals surface area contributed by atoms with Gasteiger partial charge in [0.2, 0.25) is 0 Å². The molecule has 1 N–H and O–H groups in total. The van der Waals surface area contributed by atoms with Crippen LogP contribution >= 0.6 is 0 Å². The minimum absolute atomic E-state index is 0.00450. The van der Waals surface area contributed by atoms with E-state index in [1.165, 1.54) is 25.3 Å². The molecule has 0 heterocycles. The van der Waals surface area contributed by atoms with E-state index in [0.717, 1.165) is 5.56 Å². The lowest BCUT2D eigenvalue weighted by Gasteiger charge is -2.14. The number of phenols is 1. The summed E-state index contributed by atoms with van der Waals surface area (Å²) < 4.78 is 4.63. The molecule has 0 saturated carbocycles. The van der Waals surface area contributed by atoms with Crippen LogP contribution in [0.2, 0.25) is 0 Å². The normalized spacial score (nSPS) is 11.7. The molecule has 0 fully saturated rings. The standard InChI is InChI=1S/C16H15NO5/c1-10(11-3-5-12(6-4-11)16(19)22-2)14-9-13(17(20)21)7-8-15(14)18/h3-10,18H,1-2H3. The van der Waals surface area contributed by atoms with Gasteiger partial charge in [0.05, 0.1) is 17.6 Å². The van der Waals surface area contributed by atoms with Gasteiger partial charge in [0, 0.05) is 23.6 Å². The first-order valence-corrected chi connectivity index (χ1v) is 6.59. The van der Waals surface area contributed by atoms with Gasteiger partial charge < -0.3 is 9.84 Å². The van der Waals surface area contributed by atoms with E-state index in [1.807, 2.05) is 6.92 Å². The van der Waals surface area contributed by atoms with Gasteiger partial charge >= 0.3 is 5.97 Å². The molecule has 22 heavy (non-hydrogen) atoms. The average Bonchev–Trinajstić information content (AvgIpc) is 2.53. The number of ether oxygens (including phenoxy) is 1. The summed E-state index contributed by atoms with van der Waals surface area (Å²) in [6, 6.07) is 10.6. The molecule has 6 nitrogen and oxygen atoms in total. The Morgan fingerprint density at radius 1 is 1.23 bits per heavy atom. The minimum Gasteiger partial charge on any atom is -0.508 e. The van der Waals surface area contributed by atoms with Crippen LogP contribution in [-0.2, 0) is 4.74 Å². The third kappa shape index (κ3) is 3.06. The predicted octanol–water partition coefficient (Wildman–Crippen LogP) is 3.24. The number of carbonyl (C=O) groups excluding carboxylic acids is 1. The fraction of sp³-hybridized carbons (Fsp3) is 0.188. The first-order chi connectivity index (χ1) is 10.4. The second-order valence-electron chi connectivity index (χ2n) is 4.84. The first-order valence-electron chi connectivity index (χ1n) is 6.59. The number of hydrogen-bond donors (Lipinski definition) is 1. The summed E-state index contributed by atoms with van der Waals surface area (Å²) in [6.07, 6.45) is 0. The lowest BCUT2D eigenvalue weighted by Crippen LogP contribution is -2.02. The number of hydrogen-bond acceptors (Lipinski definition) is 5. The number of nitro groups is 1. The highest BCUT2D eigenvalue weighted by molar-refractivity contribution is 5.89. The van der Waals surface area contributed by atoms with Gasteiger partial charge in [-0.2, -0.15) is 0 Å². The van der Waals surface area contributed by atoms with E-state index < -0.39 is 10.9 Å². The molecule has 0 bridgehead atoms. The van der Waals surface area contributed by atoms with Crippen molar-refractivity contribution in [2.75, 3.05) is 7.11 Å². The van der Waals surface area contributed by atoms with Crippen molar-refractivity contribution < 1.29 is 19.6 Å². The van der Waals surface area contributed by atoms with Gasteiger partial charge in [-0.25, -0.2) is 4.79 Å². The van der Waals surface area contributed by atoms with E-state index >= 15 is 0 Å². The Balaban J connectivity index is 2.35. The summed E-state index contributed by atoms with van der Waals surface area (Å²) in [5.74, 6) is -0.695. The molecule has 0 radical (unpaired) electrons. The lowest BCUT2D eigenvalue weighted by molar-refractivity contribution is -0.384. The third-order valence-electron chi connectivity index (χ3n) is 3.52. The summed E-state index contributed by atoms with van der Waals surface area (Å²) in [6.45, 7) is 1.83. The van der Waals surface area contributed by atoms with Crippen molar-refractivity contribution in [3.05, 3.63) is 69.3 Å². The van der Waals surface area contributed by atoms with Crippen LogP contribution in [0.4, 0.5) is 5.69 Å². The number of rotatable bonds is 4. The Hall–Kier alpha value is -2.89. The van der Waals surface area contributed by atoms with Gasteiger partial charge in [-0.3, -0.25) is 10.1 Å². The van der Waals surface area contributed by atoms with E-state index in [2.05, 4.69) is 4.74 Å². The molecule has 1 unspecified atom stereocenters. The molecule has 6 heteroatoms. The molecule has 0 aliphatic heterocycles. The van der Waals surface area contributed by atoms with Crippen LogP contribution in [0.25, 0.3) is 0 Å². The Labute approximate surface area is 127 Å². The molecule has 0 aliphatic rings. The second kappa shape index (κ2) is 6.26. The number of aromatic hydroxyl groups is 1.